The molecular formula is C77H147NO13. The van der Waals surface area contributed by atoms with Gasteiger partial charge in [-0.05, 0) is 44.9 Å². The fraction of sp³-hybridized carbons (Fsp3) is 0.935. The Morgan fingerprint density at radius 3 is 1.04 bits per heavy atom. The maximum Gasteiger partial charge on any atom is 0.220 e. The van der Waals surface area contributed by atoms with Crippen LogP contribution in [-0.2, 0) is 23.7 Å². The third-order valence-electron chi connectivity index (χ3n) is 19.4. The van der Waals surface area contributed by atoms with Gasteiger partial charge in [0.1, 0.15) is 48.8 Å². The lowest BCUT2D eigenvalue weighted by Gasteiger charge is -2.46. The number of nitrogens with one attached hydrogen (secondary N) is 1. The molecule has 538 valence electrons. The zero-order valence-electron chi connectivity index (χ0n) is 58.9. The highest BCUT2D eigenvalue weighted by molar-refractivity contribution is 5.76. The first-order chi connectivity index (χ1) is 44.6. The van der Waals surface area contributed by atoms with Crippen LogP contribution in [0.5, 0.6) is 0 Å². The van der Waals surface area contributed by atoms with Gasteiger partial charge in [0.25, 0.3) is 0 Å². The molecule has 2 aliphatic heterocycles. The van der Waals surface area contributed by atoms with Crippen molar-refractivity contribution >= 4 is 5.91 Å². The summed E-state index contributed by atoms with van der Waals surface area (Å²) < 4.78 is 22.9. The van der Waals surface area contributed by atoms with Crippen LogP contribution in [0.4, 0.5) is 0 Å². The summed E-state index contributed by atoms with van der Waals surface area (Å²) in [6.45, 7) is 2.85. The standard InChI is InChI=1S/C77H147NO13/c1-3-5-7-9-11-13-15-17-19-21-22-23-24-25-26-27-28-29-30-31-32-33-34-35-36-37-38-39-40-41-42-43-44-45-47-49-51-53-55-57-59-61-69(82)78-65(66(81)60-58-56-54-52-50-48-46-20-18-16-14-12-10-8-6-4-2)64-88-76-74(87)72(85)75(68(63-80)90-76)91-77-73(86)71(84)70(83)67(62-79)89-77/h21-22,58,60,65-68,70-77,79-81,83-87H,3-20,23-57,59,61-64H2,1-2H3,(H,78,82)/b22-21-,60-58+. The summed E-state index contributed by atoms with van der Waals surface area (Å²) in [6, 6.07) is -0.912. The first-order valence-electron chi connectivity index (χ1n) is 39.1. The molecule has 91 heavy (non-hydrogen) atoms. The van der Waals surface area contributed by atoms with Crippen molar-refractivity contribution in [2.75, 3.05) is 19.8 Å². The van der Waals surface area contributed by atoms with Crippen molar-refractivity contribution in [2.45, 2.75) is 441 Å². The summed E-state index contributed by atoms with van der Waals surface area (Å²) in [4.78, 5) is 13.3. The number of aliphatic hydroxyl groups excluding tert-OH is 8. The van der Waals surface area contributed by atoms with E-state index in [0.29, 0.717) is 6.42 Å². The van der Waals surface area contributed by atoms with E-state index in [4.69, 9.17) is 18.9 Å². The lowest BCUT2D eigenvalue weighted by Crippen LogP contribution is -2.65. The van der Waals surface area contributed by atoms with Crippen LogP contribution in [0, 0.1) is 0 Å². The van der Waals surface area contributed by atoms with Gasteiger partial charge in [-0.3, -0.25) is 4.79 Å². The highest BCUT2D eigenvalue weighted by atomic mass is 16.7. The number of amides is 1. The summed E-state index contributed by atoms with van der Waals surface area (Å²) in [5.41, 5.74) is 0. The molecule has 0 bridgehead atoms. The van der Waals surface area contributed by atoms with Gasteiger partial charge < -0.3 is 65.1 Å². The van der Waals surface area contributed by atoms with E-state index in [-0.39, 0.29) is 18.9 Å². The molecule has 0 saturated carbocycles. The molecule has 0 aromatic rings. The number of unbranched alkanes of at least 4 members (excludes halogenated alkanes) is 51. The van der Waals surface area contributed by atoms with Crippen LogP contribution in [0.3, 0.4) is 0 Å². The molecule has 9 N–H and O–H groups in total. The minimum absolute atomic E-state index is 0.231. The molecule has 12 unspecified atom stereocenters. The Morgan fingerprint density at radius 2 is 0.692 bits per heavy atom. The second-order valence-electron chi connectivity index (χ2n) is 27.8. The summed E-state index contributed by atoms with van der Waals surface area (Å²) in [5.74, 6) is -0.231. The second kappa shape index (κ2) is 62.0. The molecule has 2 rings (SSSR count). The molecule has 2 aliphatic rings. The monoisotopic (exact) mass is 1290 g/mol. The zero-order valence-corrected chi connectivity index (χ0v) is 58.9. The number of aliphatic hydroxyl groups is 8. The van der Waals surface area contributed by atoms with E-state index in [9.17, 15) is 45.6 Å². The van der Waals surface area contributed by atoms with Crippen molar-refractivity contribution in [1.82, 2.24) is 5.32 Å². The molecule has 0 aliphatic carbocycles. The van der Waals surface area contributed by atoms with Gasteiger partial charge in [-0.1, -0.05) is 340 Å². The van der Waals surface area contributed by atoms with E-state index in [2.05, 4.69) is 31.3 Å². The summed E-state index contributed by atoms with van der Waals surface area (Å²) >= 11 is 0. The number of ether oxygens (including phenoxy) is 4. The Bertz CT molecular complexity index is 1620. The summed E-state index contributed by atoms with van der Waals surface area (Å²) in [7, 11) is 0. The van der Waals surface area contributed by atoms with Gasteiger partial charge >= 0.3 is 0 Å². The first-order valence-corrected chi connectivity index (χ1v) is 39.1. The quantitative estimate of drug-likeness (QED) is 0.0204. The lowest BCUT2D eigenvalue weighted by atomic mass is 9.97. The molecule has 14 nitrogen and oxygen atoms in total. The maximum atomic E-state index is 13.3. The van der Waals surface area contributed by atoms with Crippen LogP contribution in [-0.4, -0.2) is 140 Å². The first kappa shape index (κ1) is 85.6. The molecule has 1 amide bonds. The number of allylic oxidation sites excluding steroid dienone is 3. The van der Waals surface area contributed by atoms with E-state index >= 15 is 0 Å². The fourth-order valence-electron chi connectivity index (χ4n) is 13.2. The molecule has 0 aromatic heterocycles. The number of rotatable bonds is 66. The average Bonchev–Trinajstić information content (AvgIpc) is 1.24. The topological polar surface area (TPSA) is 228 Å². The van der Waals surface area contributed by atoms with Crippen LogP contribution < -0.4 is 5.32 Å². The Morgan fingerprint density at radius 1 is 0.385 bits per heavy atom. The average molecular weight is 1300 g/mol. The van der Waals surface area contributed by atoms with Crippen LogP contribution in [0.25, 0.3) is 0 Å². The fourth-order valence-corrected chi connectivity index (χ4v) is 13.2. The van der Waals surface area contributed by atoms with E-state index < -0.39 is 86.8 Å². The van der Waals surface area contributed by atoms with Gasteiger partial charge in [-0.15, -0.1) is 0 Å². The van der Waals surface area contributed by atoms with Crippen molar-refractivity contribution in [3.05, 3.63) is 24.3 Å². The highest BCUT2D eigenvalue weighted by Crippen LogP contribution is 2.30. The van der Waals surface area contributed by atoms with E-state index in [1.54, 1.807) is 6.08 Å². The molecule has 12 atom stereocenters. The normalized spacial score (nSPS) is 22.8. The SMILES string of the molecule is CCCCCCCCCC/C=C\CCCCCCCCCCCCCCCCCCCCCCCCCCCCCCCC(=O)NC(COC1OC(CO)C(OC2OC(CO)C(O)C(O)C2O)C(O)C1O)C(O)/C=C/CCCCCCCCCCCCCCCC. The summed E-state index contributed by atoms with van der Waals surface area (Å²) in [6.07, 6.45) is 62.8. The minimum atomic E-state index is -1.79. The van der Waals surface area contributed by atoms with Crippen molar-refractivity contribution < 1.29 is 64.6 Å². The van der Waals surface area contributed by atoms with Crippen LogP contribution in [0.2, 0.25) is 0 Å². The third-order valence-corrected chi connectivity index (χ3v) is 19.4. The molecule has 0 spiro atoms. The number of carbonyl (C=O) groups excluding carboxylic acids is 1. The van der Waals surface area contributed by atoms with Gasteiger partial charge in [0.2, 0.25) is 5.91 Å². The number of carbonyl (C=O) groups is 1. The van der Waals surface area contributed by atoms with Gasteiger partial charge in [0.15, 0.2) is 12.6 Å². The van der Waals surface area contributed by atoms with Gasteiger partial charge in [-0.2, -0.15) is 0 Å². The lowest BCUT2D eigenvalue weighted by molar-refractivity contribution is -0.359. The van der Waals surface area contributed by atoms with E-state index in [0.717, 1.165) is 38.5 Å². The molecule has 2 fully saturated rings. The predicted molar refractivity (Wildman–Crippen MR) is 374 cm³/mol. The molecule has 0 radical (unpaired) electrons. The Hall–Kier alpha value is -1.53. The van der Waals surface area contributed by atoms with Crippen molar-refractivity contribution in [1.29, 1.82) is 0 Å². The van der Waals surface area contributed by atoms with Crippen LogP contribution >= 0.6 is 0 Å². The van der Waals surface area contributed by atoms with Crippen molar-refractivity contribution in [3.8, 4) is 0 Å². The zero-order chi connectivity index (χ0) is 65.9. The molecule has 14 heteroatoms. The van der Waals surface area contributed by atoms with Gasteiger partial charge in [0, 0.05) is 6.42 Å². The smallest absolute Gasteiger partial charge is 0.220 e. The maximum absolute atomic E-state index is 13.3. The van der Waals surface area contributed by atoms with E-state index in [1.165, 1.54) is 302 Å². The van der Waals surface area contributed by atoms with Gasteiger partial charge in [0.05, 0.1) is 32.0 Å². The van der Waals surface area contributed by atoms with Crippen LogP contribution in [0.15, 0.2) is 24.3 Å². The predicted octanol–water partition coefficient (Wildman–Crippen LogP) is 17.1. The Kier molecular flexibility index (Phi) is 58.3. The third kappa shape index (κ3) is 45.6. The number of hydrogen-bond acceptors (Lipinski definition) is 13. The van der Waals surface area contributed by atoms with Crippen LogP contribution in [0.1, 0.15) is 367 Å². The Labute approximate surface area is 558 Å². The van der Waals surface area contributed by atoms with E-state index in [1.807, 2.05) is 6.08 Å². The Balaban J connectivity index is 1.53. The minimum Gasteiger partial charge on any atom is -0.394 e. The summed E-state index contributed by atoms with van der Waals surface area (Å²) in [5, 5.41) is 87.4. The van der Waals surface area contributed by atoms with Gasteiger partial charge in [-0.25, -0.2) is 0 Å². The molecule has 0 aromatic carbocycles. The molecular weight excluding hydrogens is 1150 g/mol. The molecule has 2 saturated heterocycles. The highest BCUT2D eigenvalue weighted by Gasteiger charge is 2.51. The largest absolute Gasteiger partial charge is 0.394 e. The van der Waals surface area contributed by atoms with Crippen molar-refractivity contribution in [2.24, 2.45) is 0 Å². The number of hydrogen-bond donors (Lipinski definition) is 9. The molecule has 2 heterocycles. The van der Waals surface area contributed by atoms with Crippen molar-refractivity contribution in [3.63, 3.8) is 0 Å². The second-order valence-corrected chi connectivity index (χ2v) is 27.8.